The molecule has 0 atom stereocenters. The summed E-state index contributed by atoms with van der Waals surface area (Å²) in [5.74, 6) is 0.0740. The number of carbonyl (C=O) groups is 2. The zero-order valence-corrected chi connectivity index (χ0v) is 18.5. The van der Waals surface area contributed by atoms with Gasteiger partial charge in [0.15, 0.2) is 0 Å². The highest BCUT2D eigenvalue weighted by Crippen LogP contribution is 2.30. The van der Waals surface area contributed by atoms with Gasteiger partial charge in [0.1, 0.15) is 4.83 Å². The van der Waals surface area contributed by atoms with Gasteiger partial charge in [-0.2, -0.15) is 5.10 Å². The Hall–Kier alpha value is -2.71. The third-order valence-electron chi connectivity index (χ3n) is 5.58. The van der Waals surface area contributed by atoms with E-state index in [9.17, 15) is 9.59 Å². The van der Waals surface area contributed by atoms with E-state index < -0.39 is 0 Å². The average molecular weight is 426 g/mol. The minimum Gasteiger partial charge on any atom is -0.358 e. The van der Waals surface area contributed by atoms with Crippen molar-refractivity contribution in [3.63, 3.8) is 0 Å². The van der Waals surface area contributed by atoms with Crippen LogP contribution in [-0.2, 0) is 11.3 Å². The number of fused-ring (bicyclic) bond motifs is 1. The van der Waals surface area contributed by atoms with Gasteiger partial charge in [-0.1, -0.05) is 29.8 Å². The molecule has 0 radical (unpaired) electrons. The zero-order valence-electron chi connectivity index (χ0n) is 17.6. The van der Waals surface area contributed by atoms with E-state index in [0.717, 1.165) is 20.8 Å². The van der Waals surface area contributed by atoms with Crippen LogP contribution in [0.5, 0.6) is 0 Å². The molecule has 2 amide bonds. The summed E-state index contributed by atoms with van der Waals surface area (Å²) in [6.45, 7) is 7.85. The Labute approximate surface area is 180 Å². The molecule has 4 rings (SSSR count). The third-order valence-corrected chi connectivity index (χ3v) is 6.71. The number of rotatable bonds is 5. The second kappa shape index (κ2) is 8.57. The first-order valence-electron chi connectivity index (χ1n) is 10.2. The van der Waals surface area contributed by atoms with Crippen LogP contribution in [0.25, 0.3) is 10.2 Å². The van der Waals surface area contributed by atoms with Crippen molar-refractivity contribution in [2.75, 3.05) is 39.8 Å². The lowest BCUT2D eigenvalue weighted by Crippen LogP contribution is -2.50. The highest BCUT2D eigenvalue weighted by Gasteiger charge is 2.25. The Balaban J connectivity index is 1.48. The minimum atomic E-state index is 0.00730. The summed E-state index contributed by atoms with van der Waals surface area (Å²) in [7, 11) is 1.64. The van der Waals surface area contributed by atoms with Gasteiger partial charge in [-0.05, 0) is 25.5 Å². The predicted molar refractivity (Wildman–Crippen MR) is 119 cm³/mol. The monoisotopic (exact) mass is 425 g/mol. The molecule has 3 heterocycles. The van der Waals surface area contributed by atoms with E-state index in [2.05, 4.69) is 46.5 Å². The molecular formula is C22H27N5O2S. The lowest BCUT2D eigenvalue weighted by Gasteiger charge is -2.34. The van der Waals surface area contributed by atoms with E-state index >= 15 is 0 Å². The van der Waals surface area contributed by atoms with Crippen molar-refractivity contribution in [1.82, 2.24) is 24.9 Å². The molecule has 2 aromatic heterocycles. The number of likely N-dealkylation sites (N-methyl/N-ethyl adjacent to an activating group) is 1. The number of carbonyl (C=O) groups excluding carboxylic acids is 2. The molecule has 0 aliphatic carbocycles. The summed E-state index contributed by atoms with van der Waals surface area (Å²) in [6.07, 6.45) is 0. The molecule has 158 valence electrons. The van der Waals surface area contributed by atoms with Crippen LogP contribution in [0.1, 0.15) is 26.5 Å². The number of amides is 2. The molecule has 0 bridgehead atoms. The van der Waals surface area contributed by atoms with Gasteiger partial charge in [0.25, 0.3) is 5.91 Å². The standard InChI is InChI=1S/C22H27N5O2S/c1-15-4-6-17(7-5-15)13-27-22-18(16(2)24-27)12-19(30-22)21(29)26-10-8-25(9-11-26)14-20(28)23-3/h4-7,12H,8-11,13-14H2,1-3H3,(H,23,28). The number of hydrogen-bond acceptors (Lipinski definition) is 5. The number of piperazine rings is 1. The molecule has 1 aliphatic heterocycles. The third kappa shape index (κ3) is 4.24. The number of nitrogens with zero attached hydrogens (tertiary/aromatic N) is 4. The molecule has 1 saturated heterocycles. The van der Waals surface area contributed by atoms with E-state index in [1.165, 1.54) is 22.5 Å². The molecule has 0 spiro atoms. The van der Waals surface area contributed by atoms with E-state index in [4.69, 9.17) is 0 Å². The smallest absolute Gasteiger partial charge is 0.264 e. The van der Waals surface area contributed by atoms with Crippen molar-refractivity contribution in [3.05, 3.63) is 52.0 Å². The Morgan fingerprint density at radius 2 is 1.80 bits per heavy atom. The molecule has 1 aromatic carbocycles. The van der Waals surface area contributed by atoms with Crippen LogP contribution in [0.3, 0.4) is 0 Å². The van der Waals surface area contributed by atoms with Crippen LogP contribution in [0.2, 0.25) is 0 Å². The van der Waals surface area contributed by atoms with Crippen molar-refractivity contribution in [1.29, 1.82) is 0 Å². The summed E-state index contributed by atoms with van der Waals surface area (Å²) in [5, 5.41) is 8.38. The van der Waals surface area contributed by atoms with Gasteiger partial charge in [0.2, 0.25) is 5.91 Å². The number of aryl methyl sites for hydroxylation is 2. The predicted octanol–water partition coefficient (Wildman–Crippen LogP) is 2.27. The maximum absolute atomic E-state index is 13.1. The molecule has 8 heteroatoms. The van der Waals surface area contributed by atoms with Gasteiger partial charge in [0, 0.05) is 38.6 Å². The Morgan fingerprint density at radius 1 is 1.10 bits per heavy atom. The Kier molecular flexibility index (Phi) is 5.87. The maximum atomic E-state index is 13.1. The van der Waals surface area contributed by atoms with Crippen molar-refractivity contribution in [2.45, 2.75) is 20.4 Å². The van der Waals surface area contributed by atoms with Crippen molar-refractivity contribution in [3.8, 4) is 0 Å². The molecule has 7 nitrogen and oxygen atoms in total. The van der Waals surface area contributed by atoms with Gasteiger partial charge in [-0.15, -0.1) is 11.3 Å². The van der Waals surface area contributed by atoms with Crippen LogP contribution < -0.4 is 5.32 Å². The van der Waals surface area contributed by atoms with Gasteiger partial charge in [-0.25, -0.2) is 0 Å². The van der Waals surface area contributed by atoms with E-state index in [1.807, 2.05) is 22.6 Å². The maximum Gasteiger partial charge on any atom is 0.264 e. The second-order valence-corrected chi connectivity index (χ2v) is 8.83. The second-order valence-electron chi connectivity index (χ2n) is 7.80. The van der Waals surface area contributed by atoms with E-state index in [1.54, 1.807) is 7.05 Å². The molecule has 1 N–H and O–H groups in total. The highest BCUT2D eigenvalue weighted by atomic mass is 32.1. The average Bonchev–Trinajstić information content (AvgIpc) is 3.31. The summed E-state index contributed by atoms with van der Waals surface area (Å²) >= 11 is 1.52. The van der Waals surface area contributed by atoms with Gasteiger partial charge < -0.3 is 10.2 Å². The number of thiophene rings is 1. The largest absolute Gasteiger partial charge is 0.358 e. The molecular weight excluding hydrogens is 398 g/mol. The number of aromatic nitrogens is 2. The zero-order chi connectivity index (χ0) is 21.3. The fourth-order valence-electron chi connectivity index (χ4n) is 3.74. The lowest BCUT2D eigenvalue weighted by atomic mass is 10.1. The molecule has 3 aromatic rings. The lowest BCUT2D eigenvalue weighted by molar-refractivity contribution is -0.122. The normalized spacial score (nSPS) is 15.0. The van der Waals surface area contributed by atoms with Gasteiger partial charge >= 0.3 is 0 Å². The topological polar surface area (TPSA) is 70.5 Å². The van der Waals surface area contributed by atoms with Crippen molar-refractivity contribution < 1.29 is 9.59 Å². The van der Waals surface area contributed by atoms with Crippen LogP contribution in [-0.4, -0.2) is 71.2 Å². The summed E-state index contributed by atoms with van der Waals surface area (Å²) < 4.78 is 2.00. The van der Waals surface area contributed by atoms with Crippen LogP contribution in [0, 0.1) is 13.8 Å². The first-order valence-corrected chi connectivity index (χ1v) is 11.0. The Bertz CT molecular complexity index is 1060. The first kappa shape index (κ1) is 20.6. The molecule has 30 heavy (non-hydrogen) atoms. The van der Waals surface area contributed by atoms with Crippen LogP contribution in [0.15, 0.2) is 30.3 Å². The molecule has 1 fully saturated rings. The number of nitrogens with one attached hydrogen (secondary N) is 1. The van der Waals surface area contributed by atoms with Crippen LogP contribution >= 0.6 is 11.3 Å². The summed E-state index contributed by atoms with van der Waals surface area (Å²) in [5.41, 5.74) is 3.38. The quantitative estimate of drug-likeness (QED) is 0.681. The van der Waals surface area contributed by atoms with Gasteiger partial charge in [0.05, 0.1) is 23.7 Å². The molecule has 0 unspecified atom stereocenters. The van der Waals surface area contributed by atoms with E-state index in [-0.39, 0.29) is 11.8 Å². The summed E-state index contributed by atoms with van der Waals surface area (Å²) in [6, 6.07) is 10.4. The SMILES string of the molecule is CNC(=O)CN1CCN(C(=O)c2cc3c(C)nn(Cc4ccc(C)cc4)c3s2)CC1. The van der Waals surface area contributed by atoms with Crippen molar-refractivity contribution >= 4 is 33.4 Å². The Morgan fingerprint density at radius 3 is 2.47 bits per heavy atom. The number of benzene rings is 1. The van der Waals surface area contributed by atoms with E-state index in [0.29, 0.717) is 39.3 Å². The summed E-state index contributed by atoms with van der Waals surface area (Å²) in [4.78, 5) is 30.4. The molecule has 1 aliphatic rings. The fraction of sp³-hybridized carbons (Fsp3) is 0.409. The fourth-order valence-corrected chi connectivity index (χ4v) is 4.87. The highest BCUT2D eigenvalue weighted by molar-refractivity contribution is 7.20. The van der Waals surface area contributed by atoms with Crippen LogP contribution in [0.4, 0.5) is 0 Å². The first-order chi connectivity index (χ1) is 14.4. The van der Waals surface area contributed by atoms with Crippen molar-refractivity contribution in [2.24, 2.45) is 0 Å². The minimum absolute atomic E-state index is 0.00730. The molecule has 0 saturated carbocycles. The number of hydrogen-bond donors (Lipinski definition) is 1. The van der Waals surface area contributed by atoms with Gasteiger partial charge in [-0.3, -0.25) is 19.2 Å².